The molecule has 1 aromatic rings. The fourth-order valence-electron chi connectivity index (χ4n) is 1.83. The normalized spacial score (nSPS) is 16.0. The number of non-ortho nitro benzene ring substituents is 1. The molecule has 0 radical (unpaired) electrons. The van der Waals surface area contributed by atoms with Crippen molar-refractivity contribution in [2.24, 2.45) is 5.92 Å². The lowest BCUT2D eigenvalue weighted by atomic mass is 10.1. The number of nitro benzene ring substituents is 1. The van der Waals surface area contributed by atoms with Gasteiger partial charge in [-0.25, -0.2) is 0 Å². The molecule has 1 atom stereocenters. The van der Waals surface area contributed by atoms with Gasteiger partial charge in [-0.1, -0.05) is 0 Å². The average Bonchev–Trinajstić information content (AvgIpc) is 3.19. The van der Waals surface area contributed by atoms with Gasteiger partial charge in [-0.2, -0.15) is 5.26 Å². The molecule has 1 aliphatic rings. The second-order valence-corrected chi connectivity index (χ2v) is 4.56. The van der Waals surface area contributed by atoms with E-state index in [1.54, 1.807) is 6.07 Å². The molecule has 2 rings (SSSR count). The van der Waals surface area contributed by atoms with Crippen LogP contribution in [0.5, 0.6) is 0 Å². The highest BCUT2D eigenvalue weighted by molar-refractivity contribution is 5.46. The molecule has 0 amide bonds. The smallest absolute Gasteiger partial charge is 0.270 e. The molecule has 5 nitrogen and oxygen atoms in total. The third kappa shape index (κ3) is 2.84. The zero-order valence-electron chi connectivity index (χ0n) is 10.1. The quantitative estimate of drug-likeness (QED) is 0.591. The van der Waals surface area contributed by atoms with E-state index in [1.165, 1.54) is 25.0 Å². The molecule has 0 aliphatic heterocycles. The molecule has 1 aromatic carbocycles. The number of ether oxygens (including phenoxy) is 1. The van der Waals surface area contributed by atoms with E-state index in [9.17, 15) is 10.1 Å². The van der Waals surface area contributed by atoms with E-state index in [0.717, 1.165) is 0 Å². The van der Waals surface area contributed by atoms with Crippen LogP contribution in [0.1, 0.15) is 30.9 Å². The highest BCUT2D eigenvalue weighted by Crippen LogP contribution is 2.34. The van der Waals surface area contributed by atoms with Crippen LogP contribution >= 0.6 is 0 Å². The van der Waals surface area contributed by atoms with Crippen molar-refractivity contribution in [1.82, 2.24) is 0 Å². The Hall–Kier alpha value is -1.93. The topological polar surface area (TPSA) is 76.2 Å². The summed E-state index contributed by atoms with van der Waals surface area (Å²) in [6, 6.07) is 6.26. The lowest BCUT2D eigenvalue weighted by Crippen LogP contribution is -2.10. The first-order valence-electron chi connectivity index (χ1n) is 5.91. The molecule has 5 heteroatoms. The number of benzene rings is 1. The predicted octanol–water partition coefficient (Wildman–Crippen LogP) is 2.78. The standard InChI is InChI=1S/C13H14N2O3/c1-9(10-2-3-10)18-8-11-4-5-13(15(16)17)6-12(11)7-14/h4-6,9-10H,2-3,8H2,1H3. The number of nitriles is 1. The Kier molecular flexibility index (Phi) is 3.58. The van der Waals surface area contributed by atoms with Crippen LogP contribution in [0, 0.1) is 27.4 Å². The zero-order valence-corrected chi connectivity index (χ0v) is 10.1. The molecule has 1 saturated carbocycles. The largest absolute Gasteiger partial charge is 0.373 e. The van der Waals surface area contributed by atoms with Crippen molar-refractivity contribution in [2.75, 3.05) is 0 Å². The van der Waals surface area contributed by atoms with Gasteiger partial charge in [-0.05, 0) is 37.3 Å². The van der Waals surface area contributed by atoms with E-state index in [0.29, 0.717) is 23.7 Å². The van der Waals surface area contributed by atoms with Crippen LogP contribution in [0.15, 0.2) is 18.2 Å². The number of rotatable bonds is 5. The average molecular weight is 246 g/mol. The molecule has 18 heavy (non-hydrogen) atoms. The van der Waals surface area contributed by atoms with E-state index in [2.05, 4.69) is 0 Å². The van der Waals surface area contributed by atoms with E-state index in [1.807, 2.05) is 13.0 Å². The molecule has 1 unspecified atom stereocenters. The molecule has 1 fully saturated rings. The summed E-state index contributed by atoms with van der Waals surface area (Å²) in [7, 11) is 0. The summed E-state index contributed by atoms with van der Waals surface area (Å²) >= 11 is 0. The number of hydrogen-bond donors (Lipinski definition) is 0. The van der Waals surface area contributed by atoms with Crippen molar-refractivity contribution < 1.29 is 9.66 Å². The highest BCUT2D eigenvalue weighted by atomic mass is 16.6. The van der Waals surface area contributed by atoms with Gasteiger partial charge in [0.2, 0.25) is 0 Å². The molecule has 94 valence electrons. The molecule has 0 spiro atoms. The van der Waals surface area contributed by atoms with Crippen LogP contribution in [-0.4, -0.2) is 11.0 Å². The molecule has 0 heterocycles. The maximum Gasteiger partial charge on any atom is 0.270 e. The minimum atomic E-state index is -0.502. The fourth-order valence-corrected chi connectivity index (χ4v) is 1.83. The third-order valence-electron chi connectivity index (χ3n) is 3.21. The number of nitrogens with zero attached hydrogens (tertiary/aromatic N) is 2. The van der Waals surface area contributed by atoms with Crippen molar-refractivity contribution in [2.45, 2.75) is 32.5 Å². The van der Waals surface area contributed by atoms with Gasteiger partial charge in [0.05, 0.1) is 29.3 Å². The van der Waals surface area contributed by atoms with Crippen LogP contribution in [0.4, 0.5) is 5.69 Å². The van der Waals surface area contributed by atoms with Gasteiger partial charge in [0.25, 0.3) is 5.69 Å². The second kappa shape index (κ2) is 5.15. The Labute approximate surface area is 105 Å². The van der Waals surface area contributed by atoms with Gasteiger partial charge < -0.3 is 4.74 Å². The van der Waals surface area contributed by atoms with Crippen molar-refractivity contribution >= 4 is 5.69 Å². The van der Waals surface area contributed by atoms with Gasteiger partial charge in [-0.15, -0.1) is 0 Å². The van der Waals surface area contributed by atoms with Gasteiger partial charge >= 0.3 is 0 Å². The molecular formula is C13H14N2O3. The van der Waals surface area contributed by atoms with Crippen LogP contribution < -0.4 is 0 Å². The Bertz CT molecular complexity index is 503. The third-order valence-corrected chi connectivity index (χ3v) is 3.21. The Balaban J connectivity index is 2.07. The molecule has 0 aromatic heterocycles. The number of nitro groups is 1. The monoisotopic (exact) mass is 246 g/mol. The minimum Gasteiger partial charge on any atom is -0.373 e. The lowest BCUT2D eigenvalue weighted by Gasteiger charge is -2.12. The maximum absolute atomic E-state index is 10.6. The van der Waals surface area contributed by atoms with E-state index >= 15 is 0 Å². The summed E-state index contributed by atoms with van der Waals surface area (Å²) in [4.78, 5) is 10.1. The fraction of sp³-hybridized carbons (Fsp3) is 0.462. The van der Waals surface area contributed by atoms with Crippen LogP contribution in [0.3, 0.4) is 0 Å². The molecule has 1 aliphatic carbocycles. The number of hydrogen-bond acceptors (Lipinski definition) is 4. The van der Waals surface area contributed by atoms with E-state index < -0.39 is 4.92 Å². The van der Waals surface area contributed by atoms with Gasteiger partial charge in [-0.3, -0.25) is 10.1 Å². The molecular weight excluding hydrogens is 232 g/mol. The van der Waals surface area contributed by atoms with Crippen LogP contribution in [0.25, 0.3) is 0 Å². The van der Waals surface area contributed by atoms with Crippen LogP contribution in [0.2, 0.25) is 0 Å². The van der Waals surface area contributed by atoms with E-state index in [4.69, 9.17) is 10.00 Å². The molecule has 0 bridgehead atoms. The summed E-state index contributed by atoms with van der Waals surface area (Å²) in [5.41, 5.74) is 0.952. The predicted molar refractivity (Wildman–Crippen MR) is 64.8 cm³/mol. The zero-order chi connectivity index (χ0) is 13.1. The highest BCUT2D eigenvalue weighted by Gasteiger charge is 2.28. The van der Waals surface area contributed by atoms with Gasteiger partial charge in [0.15, 0.2) is 0 Å². The summed E-state index contributed by atoms with van der Waals surface area (Å²) in [5.74, 6) is 0.633. The first-order valence-corrected chi connectivity index (χ1v) is 5.91. The summed E-state index contributed by atoms with van der Waals surface area (Å²) < 4.78 is 5.67. The lowest BCUT2D eigenvalue weighted by molar-refractivity contribution is -0.384. The first kappa shape index (κ1) is 12.5. The van der Waals surface area contributed by atoms with Crippen molar-refractivity contribution in [3.8, 4) is 6.07 Å². The first-order chi connectivity index (χ1) is 8.61. The summed E-state index contributed by atoms with van der Waals surface area (Å²) in [5, 5.41) is 19.6. The van der Waals surface area contributed by atoms with Gasteiger partial charge in [0, 0.05) is 12.1 Å². The summed E-state index contributed by atoms with van der Waals surface area (Å²) in [6.07, 6.45) is 2.59. The van der Waals surface area contributed by atoms with E-state index in [-0.39, 0.29) is 11.8 Å². The second-order valence-electron chi connectivity index (χ2n) is 4.56. The van der Waals surface area contributed by atoms with Gasteiger partial charge in [0.1, 0.15) is 0 Å². The summed E-state index contributed by atoms with van der Waals surface area (Å²) in [6.45, 7) is 2.35. The molecule has 0 N–H and O–H groups in total. The van der Waals surface area contributed by atoms with Crippen LogP contribution in [-0.2, 0) is 11.3 Å². The van der Waals surface area contributed by atoms with Crippen molar-refractivity contribution in [3.63, 3.8) is 0 Å². The Morgan fingerprint density at radius 2 is 2.33 bits per heavy atom. The Morgan fingerprint density at radius 3 is 2.89 bits per heavy atom. The van der Waals surface area contributed by atoms with Crippen molar-refractivity contribution in [1.29, 1.82) is 5.26 Å². The SMILES string of the molecule is CC(OCc1ccc([N+](=O)[O-])cc1C#N)C1CC1. The Morgan fingerprint density at radius 1 is 1.61 bits per heavy atom. The van der Waals surface area contributed by atoms with Crippen molar-refractivity contribution in [3.05, 3.63) is 39.4 Å². The minimum absolute atomic E-state index is 0.0643. The maximum atomic E-state index is 10.6. The molecule has 0 saturated heterocycles.